The molecule has 2 aromatic rings. The van der Waals surface area contributed by atoms with Crippen LogP contribution in [0.4, 0.5) is 0 Å². The van der Waals surface area contributed by atoms with Gasteiger partial charge in [-0.1, -0.05) is 13.8 Å². The molecule has 0 atom stereocenters. The van der Waals surface area contributed by atoms with Crippen LogP contribution < -0.4 is 5.56 Å². The second-order valence-corrected chi connectivity index (χ2v) is 5.51. The minimum atomic E-state index is 0.0792. The number of H-pyrrole nitrogens is 1. The van der Waals surface area contributed by atoms with Crippen molar-refractivity contribution in [2.45, 2.75) is 45.4 Å². The minimum Gasteiger partial charge on any atom is -0.307 e. The molecule has 2 heterocycles. The molecule has 0 fully saturated rings. The van der Waals surface area contributed by atoms with E-state index in [1.165, 1.54) is 17.4 Å². The van der Waals surface area contributed by atoms with E-state index >= 15 is 0 Å². The summed E-state index contributed by atoms with van der Waals surface area (Å²) in [5.74, 6) is 0.380. The van der Waals surface area contributed by atoms with E-state index in [0.717, 1.165) is 36.2 Å². The van der Waals surface area contributed by atoms with Gasteiger partial charge in [0, 0.05) is 18.0 Å². The fraction of sp³-hybridized carbons (Fsp3) is 0.571. The lowest BCUT2D eigenvalue weighted by Gasteiger charge is -2.16. The third kappa shape index (κ3) is 1.51. The monoisotopic (exact) mass is 245 g/mol. The van der Waals surface area contributed by atoms with Gasteiger partial charge in [-0.15, -0.1) is 0 Å². The van der Waals surface area contributed by atoms with E-state index in [-0.39, 0.29) is 5.56 Å². The first kappa shape index (κ1) is 11.5. The third-order valence-corrected chi connectivity index (χ3v) is 3.90. The quantitative estimate of drug-likeness (QED) is 0.838. The highest BCUT2D eigenvalue weighted by Gasteiger charge is 2.22. The van der Waals surface area contributed by atoms with Gasteiger partial charge >= 0.3 is 0 Å². The Morgan fingerprint density at radius 2 is 1.89 bits per heavy atom. The Morgan fingerprint density at radius 1 is 1.22 bits per heavy atom. The van der Waals surface area contributed by atoms with Crippen LogP contribution in [0.15, 0.2) is 4.79 Å². The Hall–Kier alpha value is -1.58. The summed E-state index contributed by atoms with van der Waals surface area (Å²) in [6, 6.07) is 0. The number of fused-ring (bicyclic) bond motifs is 3. The van der Waals surface area contributed by atoms with Crippen molar-refractivity contribution in [1.82, 2.24) is 14.8 Å². The number of aryl methyl sites for hydroxylation is 2. The molecular weight excluding hydrogens is 226 g/mol. The molecule has 1 aliphatic rings. The van der Waals surface area contributed by atoms with Crippen molar-refractivity contribution < 1.29 is 0 Å². The highest BCUT2D eigenvalue weighted by molar-refractivity contribution is 5.84. The minimum absolute atomic E-state index is 0.0792. The SMILES string of the molecule is CC(C)c1nn(C)c2[nH]c(=O)c3c(c12)CCCC3. The van der Waals surface area contributed by atoms with Gasteiger partial charge in [0.15, 0.2) is 0 Å². The van der Waals surface area contributed by atoms with Gasteiger partial charge < -0.3 is 4.98 Å². The third-order valence-electron chi connectivity index (χ3n) is 3.90. The summed E-state index contributed by atoms with van der Waals surface area (Å²) in [6.07, 6.45) is 4.23. The largest absolute Gasteiger partial charge is 0.307 e. The first-order valence-corrected chi connectivity index (χ1v) is 6.70. The summed E-state index contributed by atoms with van der Waals surface area (Å²) in [4.78, 5) is 15.1. The Balaban J connectivity index is 2.44. The first-order valence-electron chi connectivity index (χ1n) is 6.70. The second kappa shape index (κ2) is 3.97. The molecule has 0 aliphatic heterocycles. The number of aromatic nitrogens is 3. The zero-order valence-corrected chi connectivity index (χ0v) is 11.2. The summed E-state index contributed by atoms with van der Waals surface area (Å²) in [6.45, 7) is 4.31. The standard InChI is InChI=1S/C14H19N3O/c1-8(2)12-11-9-6-4-5-7-10(9)14(18)15-13(11)17(3)16-12/h8H,4-7H2,1-3H3,(H,15,18). The predicted octanol–water partition coefficient (Wildman–Crippen LogP) is 2.26. The molecule has 0 unspecified atom stereocenters. The van der Waals surface area contributed by atoms with Gasteiger partial charge in [-0.25, -0.2) is 0 Å². The van der Waals surface area contributed by atoms with E-state index in [9.17, 15) is 4.79 Å². The lowest BCUT2D eigenvalue weighted by Crippen LogP contribution is -2.19. The molecule has 18 heavy (non-hydrogen) atoms. The van der Waals surface area contributed by atoms with E-state index in [1.54, 1.807) is 4.68 Å². The number of hydrogen-bond donors (Lipinski definition) is 1. The average molecular weight is 245 g/mol. The Bertz CT molecular complexity index is 664. The number of rotatable bonds is 1. The van der Waals surface area contributed by atoms with Crippen LogP contribution in [-0.2, 0) is 19.9 Å². The number of pyridine rings is 1. The highest BCUT2D eigenvalue weighted by atomic mass is 16.1. The summed E-state index contributed by atoms with van der Waals surface area (Å²) < 4.78 is 1.81. The van der Waals surface area contributed by atoms with Crippen molar-refractivity contribution in [2.24, 2.45) is 7.05 Å². The van der Waals surface area contributed by atoms with Crippen LogP contribution in [0.1, 0.15) is 49.4 Å². The molecular formula is C14H19N3O. The van der Waals surface area contributed by atoms with Crippen LogP contribution in [-0.4, -0.2) is 14.8 Å². The number of aromatic amines is 1. The van der Waals surface area contributed by atoms with Crippen LogP contribution in [0.2, 0.25) is 0 Å². The normalized spacial score (nSPS) is 15.3. The first-order chi connectivity index (χ1) is 8.59. The molecule has 0 spiro atoms. The van der Waals surface area contributed by atoms with Gasteiger partial charge in [-0.2, -0.15) is 5.10 Å². The lowest BCUT2D eigenvalue weighted by molar-refractivity contribution is 0.681. The van der Waals surface area contributed by atoms with E-state index in [4.69, 9.17) is 0 Å². The van der Waals surface area contributed by atoms with Crippen LogP contribution in [0.25, 0.3) is 11.0 Å². The van der Waals surface area contributed by atoms with Gasteiger partial charge in [0.05, 0.1) is 5.69 Å². The number of nitrogens with zero attached hydrogens (tertiary/aromatic N) is 2. The molecule has 2 aromatic heterocycles. The maximum absolute atomic E-state index is 12.1. The molecule has 96 valence electrons. The molecule has 4 nitrogen and oxygen atoms in total. The van der Waals surface area contributed by atoms with E-state index < -0.39 is 0 Å². The molecule has 0 saturated heterocycles. The molecule has 1 aliphatic carbocycles. The molecule has 0 aromatic carbocycles. The number of nitrogens with one attached hydrogen (secondary N) is 1. The van der Waals surface area contributed by atoms with Crippen molar-refractivity contribution in [2.75, 3.05) is 0 Å². The van der Waals surface area contributed by atoms with Gasteiger partial charge in [0.25, 0.3) is 5.56 Å². The fourth-order valence-electron chi connectivity index (χ4n) is 3.00. The predicted molar refractivity (Wildman–Crippen MR) is 72.1 cm³/mol. The van der Waals surface area contributed by atoms with Crippen LogP contribution in [0.5, 0.6) is 0 Å². The van der Waals surface area contributed by atoms with Crippen molar-refractivity contribution in [3.63, 3.8) is 0 Å². The highest BCUT2D eigenvalue weighted by Crippen LogP contribution is 2.30. The molecule has 0 bridgehead atoms. The smallest absolute Gasteiger partial charge is 0.253 e. The molecule has 0 saturated carbocycles. The van der Waals surface area contributed by atoms with Crippen LogP contribution >= 0.6 is 0 Å². The van der Waals surface area contributed by atoms with Crippen LogP contribution in [0, 0.1) is 0 Å². The Morgan fingerprint density at radius 3 is 2.56 bits per heavy atom. The van der Waals surface area contributed by atoms with Crippen molar-refractivity contribution in [1.29, 1.82) is 0 Å². The summed E-state index contributed by atoms with van der Waals surface area (Å²) in [7, 11) is 1.90. The number of hydrogen-bond acceptors (Lipinski definition) is 2. The van der Waals surface area contributed by atoms with Gasteiger partial charge in [-0.3, -0.25) is 9.48 Å². The molecule has 1 N–H and O–H groups in total. The average Bonchev–Trinajstić information content (AvgIpc) is 2.68. The Kier molecular flexibility index (Phi) is 2.54. The molecule has 3 rings (SSSR count). The summed E-state index contributed by atoms with van der Waals surface area (Å²) in [5.41, 5.74) is 4.31. The molecule has 0 amide bonds. The molecule has 4 heteroatoms. The molecule has 0 radical (unpaired) electrons. The van der Waals surface area contributed by atoms with Gasteiger partial charge in [0.1, 0.15) is 5.65 Å². The van der Waals surface area contributed by atoms with Crippen molar-refractivity contribution in [3.8, 4) is 0 Å². The zero-order chi connectivity index (χ0) is 12.9. The zero-order valence-electron chi connectivity index (χ0n) is 11.2. The maximum atomic E-state index is 12.1. The second-order valence-electron chi connectivity index (χ2n) is 5.51. The summed E-state index contributed by atoms with van der Waals surface area (Å²) in [5, 5.41) is 5.78. The van der Waals surface area contributed by atoms with Crippen molar-refractivity contribution >= 4 is 11.0 Å². The van der Waals surface area contributed by atoms with E-state index in [0.29, 0.717) is 5.92 Å². The van der Waals surface area contributed by atoms with E-state index in [1.807, 2.05) is 7.05 Å². The van der Waals surface area contributed by atoms with E-state index in [2.05, 4.69) is 23.9 Å². The summed E-state index contributed by atoms with van der Waals surface area (Å²) >= 11 is 0. The van der Waals surface area contributed by atoms with Crippen LogP contribution in [0.3, 0.4) is 0 Å². The Labute approximate surface area is 106 Å². The van der Waals surface area contributed by atoms with Gasteiger partial charge in [0.2, 0.25) is 0 Å². The lowest BCUT2D eigenvalue weighted by atomic mass is 9.89. The maximum Gasteiger partial charge on any atom is 0.253 e. The van der Waals surface area contributed by atoms with Gasteiger partial charge in [-0.05, 0) is 37.2 Å². The topological polar surface area (TPSA) is 50.7 Å². The fourth-order valence-corrected chi connectivity index (χ4v) is 3.00. The van der Waals surface area contributed by atoms with Crippen molar-refractivity contribution in [3.05, 3.63) is 27.2 Å².